The number of hydrogen-bond donors (Lipinski definition) is 3. The Bertz CT molecular complexity index is 859. The van der Waals surface area contributed by atoms with Crippen LogP contribution in [-0.4, -0.2) is 42.2 Å². The molecule has 2 bridgehead atoms. The van der Waals surface area contributed by atoms with E-state index in [-0.39, 0.29) is 11.8 Å². The summed E-state index contributed by atoms with van der Waals surface area (Å²) in [6, 6.07) is 11.9. The van der Waals surface area contributed by atoms with Gasteiger partial charge in [-0.1, -0.05) is 35.3 Å². The van der Waals surface area contributed by atoms with Crippen LogP contribution >= 0.6 is 23.2 Å². The van der Waals surface area contributed by atoms with Crippen LogP contribution in [0.25, 0.3) is 0 Å². The molecular formula is C21H25Cl2N3O. The Kier molecular flexibility index (Phi) is 5.12. The summed E-state index contributed by atoms with van der Waals surface area (Å²) in [5, 5.41) is 14.9. The molecule has 2 aromatic rings. The van der Waals surface area contributed by atoms with Gasteiger partial charge in [0.05, 0.1) is 15.6 Å². The lowest BCUT2D eigenvalue weighted by molar-refractivity contribution is 0.0600. The first kappa shape index (κ1) is 19.0. The Morgan fingerprint density at radius 1 is 1.22 bits per heavy atom. The van der Waals surface area contributed by atoms with E-state index < -0.39 is 5.54 Å². The summed E-state index contributed by atoms with van der Waals surface area (Å²) in [4.78, 5) is 2.40. The van der Waals surface area contributed by atoms with Crippen molar-refractivity contribution in [1.29, 1.82) is 0 Å². The number of benzene rings is 2. The van der Waals surface area contributed by atoms with Crippen molar-refractivity contribution in [1.82, 2.24) is 10.2 Å². The zero-order valence-electron chi connectivity index (χ0n) is 15.4. The van der Waals surface area contributed by atoms with E-state index >= 15 is 0 Å². The molecule has 0 aromatic heterocycles. The van der Waals surface area contributed by atoms with E-state index in [0.29, 0.717) is 16.1 Å². The number of phenolic OH excluding ortho intramolecular Hbond substituents is 1. The number of likely N-dealkylation sites (tertiary alicyclic amines) is 1. The van der Waals surface area contributed by atoms with Gasteiger partial charge in [-0.25, -0.2) is 0 Å². The molecular weight excluding hydrogens is 381 g/mol. The van der Waals surface area contributed by atoms with Gasteiger partial charge in [0.25, 0.3) is 0 Å². The molecule has 1 fully saturated rings. The number of likely N-dealkylation sites (N-methyl/N-ethyl adjacent to an activating group) is 1. The summed E-state index contributed by atoms with van der Waals surface area (Å²) in [5.74, 6) is 0.283. The smallest absolute Gasteiger partial charge is 0.115 e. The lowest BCUT2D eigenvalue weighted by atomic mass is 9.66. The van der Waals surface area contributed by atoms with Crippen molar-refractivity contribution < 1.29 is 5.11 Å². The summed E-state index contributed by atoms with van der Waals surface area (Å²) in [6.07, 6.45) is 2.66. The van der Waals surface area contributed by atoms with E-state index in [1.165, 1.54) is 5.56 Å². The molecule has 1 saturated heterocycles. The third kappa shape index (κ3) is 3.45. The molecule has 1 aliphatic carbocycles. The highest BCUT2D eigenvalue weighted by Gasteiger charge is 2.50. The molecule has 4 N–H and O–H groups in total. The minimum absolute atomic E-state index is 0.133. The molecule has 0 spiro atoms. The van der Waals surface area contributed by atoms with Crippen LogP contribution in [0.2, 0.25) is 10.0 Å². The number of nitrogens with two attached hydrogens (primary N) is 1. The minimum atomic E-state index is -0.471. The molecule has 1 aliphatic heterocycles. The van der Waals surface area contributed by atoms with Crippen molar-refractivity contribution in [2.75, 3.05) is 20.1 Å². The SMILES string of the molecule is CN1CCC2(N)c3cc(O)ccc3CC1C2NCCc1ccc(Cl)c(Cl)c1. The van der Waals surface area contributed by atoms with Gasteiger partial charge in [0, 0.05) is 18.6 Å². The Hall–Kier alpha value is -1.30. The van der Waals surface area contributed by atoms with Crippen molar-refractivity contribution in [2.45, 2.75) is 36.9 Å². The highest BCUT2D eigenvalue weighted by atomic mass is 35.5. The summed E-state index contributed by atoms with van der Waals surface area (Å²) in [6.45, 7) is 1.77. The normalized spacial score (nSPS) is 27.4. The van der Waals surface area contributed by atoms with Gasteiger partial charge in [-0.05, 0) is 73.8 Å². The largest absolute Gasteiger partial charge is 0.508 e. The quantitative estimate of drug-likeness (QED) is 0.729. The van der Waals surface area contributed by atoms with E-state index in [1.54, 1.807) is 6.07 Å². The van der Waals surface area contributed by atoms with Crippen LogP contribution in [0.4, 0.5) is 0 Å². The standard InChI is InChI=1S/C21H25Cl2N3O/c1-26-9-7-21(24)16-12-15(27)4-3-14(16)11-19(26)20(21)25-8-6-13-2-5-17(22)18(23)10-13/h2-5,10,12,19-20,25,27H,6-9,11,24H2,1H3. The summed E-state index contributed by atoms with van der Waals surface area (Å²) < 4.78 is 0. The maximum Gasteiger partial charge on any atom is 0.115 e. The number of aromatic hydroxyl groups is 1. The van der Waals surface area contributed by atoms with Crippen LogP contribution < -0.4 is 11.1 Å². The number of fused-ring (bicyclic) bond motifs is 4. The number of halogens is 2. The van der Waals surface area contributed by atoms with Gasteiger partial charge in [0.15, 0.2) is 0 Å². The fourth-order valence-electron chi connectivity index (χ4n) is 4.64. The average molecular weight is 406 g/mol. The molecule has 3 atom stereocenters. The highest BCUT2D eigenvalue weighted by Crippen LogP contribution is 2.42. The number of nitrogens with one attached hydrogen (secondary N) is 1. The van der Waals surface area contributed by atoms with Crippen molar-refractivity contribution in [3.8, 4) is 5.75 Å². The Morgan fingerprint density at radius 3 is 2.81 bits per heavy atom. The van der Waals surface area contributed by atoms with E-state index in [0.717, 1.165) is 43.5 Å². The molecule has 0 amide bonds. The predicted molar refractivity (Wildman–Crippen MR) is 111 cm³/mol. The topological polar surface area (TPSA) is 61.5 Å². The molecule has 1 heterocycles. The zero-order valence-corrected chi connectivity index (χ0v) is 16.9. The first-order chi connectivity index (χ1) is 12.9. The van der Waals surface area contributed by atoms with Crippen molar-refractivity contribution in [3.05, 3.63) is 63.1 Å². The second kappa shape index (κ2) is 7.26. The zero-order chi connectivity index (χ0) is 19.2. The van der Waals surface area contributed by atoms with Gasteiger partial charge >= 0.3 is 0 Å². The lowest BCUT2D eigenvalue weighted by Crippen LogP contribution is -2.70. The monoisotopic (exact) mass is 405 g/mol. The number of rotatable bonds is 4. The number of nitrogens with zero attached hydrogens (tertiary/aromatic N) is 1. The molecule has 4 rings (SSSR count). The molecule has 4 nitrogen and oxygen atoms in total. The van der Waals surface area contributed by atoms with Crippen LogP contribution in [0.15, 0.2) is 36.4 Å². The number of phenols is 1. The van der Waals surface area contributed by atoms with Gasteiger partial charge in [-0.2, -0.15) is 0 Å². The Labute approximate surface area is 170 Å². The first-order valence-corrected chi connectivity index (χ1v) is 10.1. The molecule has 0 saturated carbocycles. The Morgan fingerprint density at radius 2 is 2.04 bits per heavy atom. The summed E-state index contributed by atoms with van der Waals surface area (Å²) >= 11 is 12.1. The van der Waals surface area contributed by atoms with E-state index in [2.05, 4.69) is 17.3 Å². The molecule has 144 valence electrons. The van der Waals surface area contributed by atoms with E-state index in [9.17, 15) is 5.11 Å². The van der Waals surface area contributed by atoms with E-state index in [4.69, 9.17) is 28.9 Å². The predicted octanol–water partition coefficient (Wildman–Crippen LogP) is 3.31. The summed E-state index contributed by atoms with van der Waals surface area (Å²) in [5.41, 5.74) is 9.98. The molecule has 2 aliphatic rings. The van der Waals surface area contributed by atoms with Gasteiger partial charge in [-0.15, -0.1) is 0 Å². The fourth-order valence-corrected chi connectivity index (χ4v) is 4.96. The van der Waals surface area contributed by atoms with Crippen LogP contribution in [0.3, 0.4) is 0 Å². The highest BCUT2D eigenvalue weighted by molar-refractivity contribution is 6.42. The second-order valence-electron chi connectivity index (χ2n) is 7.81. The maximum atomic E-state index is 10.0. The van der Waals surface area contributed by atoms with Gasteiger partial charge in [0.1, 0.15) is 5.75 Å². The minimum Gasteiger partial charge on any atom is -0.508 e. The van der Waals surface area contributed by atoms with Crippen molar-refractivity contribution >= 4 is 23.2 Å². The van der Waals surface area contributed by atoms with Crippen LogP contribution in [-0.2, 0) is 18.4 Å². The molecule has 27 heavy (non-hydrogen) atoms. The van der Waals surface area contributed by atoms with Crippen molar-refractivity contribution in [2.24, 2.45) is 5.73 Å². The summed E-state index contributed by atoms with van der Waals surface area (Å²) in [7, 11) is 2.17. The second-order valence-corrected chi connectivity index (χ2v) is 8.63. The maximum absolute atomic E-state index is 10.0. The van der Waals surface area contributed by atoms with Crippen LogP contribution in [0.1, 0.15) is 23.1 Å². The number of hydrogen-bond acceptors (Lipinski definition) is 4. The molecule has 6 heteroatoms. The van der Waals surface area contributed by atoms with Gasteiger partial charge in [-0.3, -0.25) is 0 Å². The molecule has 2 aromatic carbocycles. The number of piperidine rings is 1. The lowest BCUT2D eigenvalue weighted by Gasteiger charge is -2.54. The molecule has 0 radical (unpaired) electrons. The van der Waals surface area contributed by atoms with Crippen molar-refractivity contribution in [3.63, 3.8) is 0 Å². The van der Waals surface area contributed by atoms with Gasteiger partial charge in [0.2, 0.25) is 0 Å². The third-order valence-corrected chi connectivity index (χ3v) is 6.91. The van der Waals surface area contributed by atoms with Crippen LogP contribution in [0.5, 0.6) is 5.75 Å². The third-order valence-electron chi connectivity index (χ3n) is 6.17. The first-order valence-electron chi connectivity index (χ1n) is 9.37. The Balaban J connectivity index is 1.55. The van der Waals surface area contributed by atoms with Crippen LogP contribution in [0, 0.1) is 0 Å². The van der Waals surface area contributed by atoms with E-state index in [1.807, 2.05) is 30.3 Å². The average Bonchev–Trinajstić information content (AvgIpc) is 2.64. The van der Waals surface area contributed by atoms with Gasteiger partial charge < -0.3 is 21.1 Å². The fraction of sp³-hybridized carbons (Fsp3) is 0.429. The molecule has 3 unspecified atom stereocenters.